The van der Waals surface area contributed by atoms with Gasteiger partial charge in [0.2, 0.25) is 5.91 Å². The third kappa shape index (κ3) is 3.55. The van der Waals surface area contributed by atoms with Crippen molar-refractivity contribution in [2.45, 2.75) is 19.4 Å². The fraction of sp³-hybridized carbons (Fsp3) is 0.500. The van der Waals surface area contributed by atoms with Crippen molar-refractivity contribution in [1.82, 2.24) is 10.2 Å². The molecular weight excluding hydrogens is 226 g/mol. The standard InChI is InChI=1S/C14H21N3O/c1-11-5-3-4-6-13(11)16-14(18)9-15-12-7-8-17(2)10-12/h3-6,12,15H,7-10H2,1-2H3,(H,16,18). The van der Waals surface area contributed by atoms with Crippen molar-refractivity contribution in [3.05, 3.63) is 29.8 Å². The second-order valence-corrected chi connectivity index (χ2v) is 4.99. The summed E-state index contributed by atoms with van der Waals surface area (Å²) in [5.41, 5.74) is 1.99. The van der Waals surface area contributed by atoms with Gasteiger partial charge in [0.25, 0.3) is 0 Å². The molecule has 4 nitrogen and oxygen atoms in total. The summed E-state index contributed by atoms with van der Waals surface area (Å²) in [7, 11) is 2.11. The first-order valence-corrected chi connectivity index (χ1v) is 6.42. The van der Waals surface area contributed by atoms with Gasteiger partial charge in [-0.05, 0) is 38.6 Å². The van der Waals surface area contributed by atoms with Crippen molar-refractivity contribution in [2.24, 2.45) is 0 Å². The molecule has 4 heteroatoms. The van der Waals surface area contributed by atoms with Crippen LogP contribution in [-0.4, -0.2) is 43.5 Å². The highest BCUT2D eigenvalue weighted by atomic mass is 16.1. The van der Waals surface area contributed by atoms with Crippen LogP contribution in [0.25, 0.3) is 0 Å². The van der Waals surface area contributed by atoms with E-state index in [1.54, 1.807) is 0 Å². The summed E-state index contributed by atoms with van der Waals surface area (Å²) >= 11 is 0. The number of rotatable bonds is 4. The molecule has 2 N–H and O–H groups in total. The highest BCUT2D eigenvalue weighted by Gasteiger charge is 2.19. The van der Waals surface area contributed by atoms with E-state index in [9.17, 15) is 4.79 Å². The number of carbonyl (C=O) groups is 1. The summed E-state index contributed by atoms with van der Waals surface area (Å²) in [4.78, 5) is 14.1. The maximum absolute atomic E-state index is 11.8. The third-order valence-electron chi connectivity index (χ3n) is 3.36. The number of hydrogen-bond donors (Lipinski definition) is 2. The highest BCUT2D eigenvalue weighted by Crippen LogP contribution is 2.12. The van der Waals surface area contributed by atoms with Crippen LogP contribution < -0.4 is 10.6 Å². The summed E-state index contributed by atoms with van der Waals surface area (Å²) in [6.45, 7) is 4.51. The first kappa shape index (κ1) is 13.1. The maximum Gasteiger partial charge on any atom is 0.238 e. The molecule has 1 atom stereocenters. The van der Waals surface area contributed by atoms with Crippen LogP contribution in [0.1, 0.15) is 12.0 Å². The van der Waals surface area contributed by atoms with Crippen LogP contribution in [0.3, 0.4) is 0 Å². The van der Waals surface area contributed by atoms with Crippen LogP contribution >= 0.6 is 0 Å². The van der Waals surface area contributed by atoms with E-state index in [0.29, 0.717) is 12.6 Å². The van der Waals surface area contributed by atoms with E-state index in [2.05, 4.69) is 22.6 Å². The number of para-hydroxylation sites is 1. The van der Waals surface area contributed by atoms with Gasteiger partial charge < -0.3 is 15.5 Å². The van der Waals surface area contributed by atoms with Crippen LogP contribution in [0, 0.1) is 6.92 Å². The van der Waals surface area contributed by atoms with Gasteiger partial charge in [0.15, 0.2) is 0 Å². The molecule has 0 bridgehead atoms. The normalized spacial score (nSPS) is 20.0. The Morgan fingerprint density at radius 3 is 2.89 bits per heavy atom. The van der Waals surface area contributed by atoms with Gasteiger partial charge in [-0.1, -0.05) is 18.2 Å². The zero-order chi connectivity index (χ0) is 13.0. The van der Waals surface area contributed by atoms with Crippen molar-refractivity contribution in [3.8, 4) is 0 Å². The van der Waals surface area contributed by atoms with Crippen LogP contribution in [0.2, 0.25) is 0 Å². The van der Waals surface area contributed by atoms with Crippen molar-refractivity contribution in [2.75, 3.05) is 32.0 Å². The minimum Gasteiger partial charge on any atom is -0.325 e. The Kier molecular flexibility index (Phi) is 4.33. The molecule has 0 spiro atoms. The van der Waals surface area contributed by atoms with Gasteiger partial charge in [0.05, 0.1) is 6.54 Å². The molecule has 1 fully saturated rings. The molecular formula is C14H21N3O. The van der Waals surface area contributed by atoms with Crippen molar-refractivity contribution >= 4 is 11.6 Å². The van der Waals surface area contributed by atoms with Gasteiger partial charge >= 0.3 is 0 Å². The monoisotopic (exact) mass is 247 g/mol. The number of likely N-dealkylation sites (N-methyl/N-ethyl adjacent to an activating group) is 1. The predicted molar refractivity (Wildman–Crippen MR) is 73.7 cm³/mol. The van der Waals surface area contributed by atoms with E-state index >= 15 is 0 Å². The lowest BCUT2D eigenvalue weighted by atomic mass is 10.2. The molecule has 1 heterocycles. The largest absolute Gasteiger partial charge is 0.325 e. The molecule has 1 amide bonds. The Morgan fingerprint density at radius 2 is 2.22 bits per heavy atom. The lowest BCUT2D eigenvalue weighted by molar-refractivity contribution is -0.115. The number of anilines is 1. The predicted octanol–water partition coefficient (Wildman–Crippen LogP) is 1.23. The first-order valence-electron chi connectivity index (χ1n) is 6.42. The Bertz CT molecular complexity index is 419. The number of benzene rings is 1. The van der Waals surface area contributed by atoms with E-state index in [1.807, 2.05) is 31.2 Å². The maximum atomic E-state index is 11.8. The fourth-order valence-corrected chi connectivity index (χ4v) is 2.25. The number of nitrogens with zero attached hydrogens (tertiary/aromatic N) is 1. The second-order valence-electron chi connectivity index (χ2n) is 4.99. The molecule has 1 saturated heterocycles. The summed E-state index contributed by atoms with van der Waals surface area (Å²) in [6.07, 6.45) is 1.12. The van der Waals surface area contributed by atoms with Crippen LogP contribution in [0.5, 0.6) is 0 Å². The lowest BCUT2D eigenvalue weighted by Gasteiger charge is -2.13. The molecule has 0 aromatic heterocycles. The molecule has 1 aliphatic heterocycles. The minimum atomic E-state index is 0.0267. The molecule has 0 saturated carbocycles. The SMILES string of the molecule is Cc1ccccc1NC(=O)CNC1CCN(C)C1. The topological polar surface area (TPSA) is 44.4 Å². The van der Waals surface area contributed by atoms with Gasteiger partial charge in [-0.3, -0.25) is 4.79 Å². The van der Waals surface area contributed by atoms with E-state index < -0.39 is 0 Å². The quantitative estimate of drug-likeness (QED) is 0.841. The first-order chi connectivity index (χ1) is 8.65. The van der Waals surface area contributed by atoms with Gasteiger partial charge in [0.1, 0.15) is 0 Å². The average molecular weight is 247 g/mol. The van der Waals surface area contributed by atoms with E-state index in [1.165, 1.54) is 0 Å². The second kappa shape index (κ2) is 5.98. The number of hydrogen-bond acceptors (Lipinski definition) is 3. The molecule has 1 unspecified atom stereocenters. The number of nitrogens with one attached hydrogen (secondary N) is 2. The van der Waals surface area contributed by atoms with Crippen LogP contribution in [-0.2, 0) is 4.79 Å². The number of carbonyl (C=O) groups excluding carboxylic acids is 1. The van der Waals surface area contributed by atoms with Gasteiger partial charge in [0, 0.05) is 18.3 Å². The number of likely N-dealkylation sites (tertiary alicyclic amines) is 1. The lowest BCUT2D eigenvalue weighted by Crippen LogP contribution is -2.37. The van der Waals surface area contributed by atoms with E-state index in [-0.39, 0.29) is 5.91 Å². The Hall–Kier alpha value is -1.39. The average Bonchev–Trinajstić information content (AvgIpc) is 2.76. The van der Waals surface area contributed by atoms with E-state index in [0.717, 1.165) is 30.8 Å². The molecule has 0 radical (unpaired) electrons. The summed E-state index contributed by atoms with van der Waals surface area (Å²) in [6, 6.07) is 8.27. The van der Waals surface area contributed by atoms with Crippen molar-refractivity contribution < 1.29 is 4.79 Å². The van der Waals surface area contributed by atoms with Gasteiger partial charge in [-0.2, -0.15) is 0 Å². The molecule has 0 aliphatic carbocycles. The smallest absolute Gasteiger partial charge is 0.238 e. The summed E-state index contributed by atoms with van der Waals surface area (Å²) in [5, 5.41) is 6.23. The highest BCUT2D eigenvalue weighted by molar-refractivity contribution is 5.92. The zero-order valence-corrected chi connectivity index (χ0v) is 11.1. The Labute approximate surface area is 108 Å². The molecule has 1 aliphatic rings. The number of aryl methyl sites for hydroxylation is 1. The van der Waals surface area contributed by atoms with E-state index in [4.69, 9.17) is 0 Å². The zero-order valence-electron chi connectivity index (χ0n) is 11.1. The molecule has 2 rings (SSSR count). The fourth-order valence-electron chi connectivity index (χ4n) is 2.25. The molecule has 98 valence electrons. The molecule has 1 aromatic carbocycles. The van der Waals surface area contributed by atoms with Gasteiger partial charge in [-0.15, -0.1) is 0 Å². The minimum absolute atomic E-state index is 0.0267. The van der Waals surface area contributed by atoms with Crippen molar-refractivity contribution in [3.63, 3.8) is 0 Å². The van der Waals surface area contributed by atoms with Crippen molar-refractivity contribution in [1.29, 1.82) is 0 Å². The number of amides is 1. The summed E-state index contributed by atoms with van der Waals surface area (Å²) < 4.78 is 0. The molecule has 18 heavy (non-hydrogen) atoms. The van der Waals surface area contributed by atoms with Gasteiger partial charge in [-0.25, -0.2) is 0 Å². The Balaban J connectivity index is 1.77. The van der Waals surface area contributed by atoms with Crippen LogP contribution in [0.4, 0.5) is 5.69 Å². The Morgan fingerprint density at radius 1 is 1.44 bits per heavy atom. The third-order valence-corrected chi connectivity index (χ3v) is 3.36. The van der Waals surface area contributed by atoms with Crippen LogP contribution in [0.15, 0.2) is 24.3 Å². The molecule has 1 aromatic rings. The summed E-state index contributed by atoms with van der Waals surface area (Å²) in [5.74, 6) is 0.0267.